The normalized spacial score (nSPS) is 19.1. The first-order valence-corrected chi connectivity index (χ1v) is 4.36. The van der Waals surface area contributed by atoms with E-state index >= 15 is 0 Å². The van der Waals surface area contributed by atoms with Crippen LogP contribution in [0.3, 0.4) is 0 Å². The van der Waals surface area contributed by atoms with Crippen LogP contribution < -0.4 is 9.47 Å². The molecule has 1 aliphatic heterocycles. The Hall–Kier alpha value is -1.42. The van der Waals surface area contributed by atoms with Gasteiger partial charge in [-0.2, -0.15) is 0 Å². The van der Waals surface area contributed by atoms with Crippen molar-refractivity contribution in [2.45, 2.75) is 6.10 Å². The second-order valence-electron chi connectivity index (χ2n) is 2.85. The third kappa shape index (κ3) is 1.61. The number of ether oxygens (including phenoxy) is 2. The first-order valence-electron chi connectivity index (χ1n) is 3.98. The van der Waals surface area contributed by atoms with E-state index in [9.17, 15) is 4.79 Å². The smallest absolute Gasteiger partial charge is 0.348 e. The van der Waals surface area contributed by atoms with Gasteiger partial charge in [0.1, 0.15) is 6.61 Å². The van der Waals surface area contributed by atoms with Gasteiger partial charge in [0.25, 0.3) is 0 Å². The molecule has 1 aromatic rings. The molecule has 1 N–H and O–H groups in total. The van der Waals surface area contributed by atoms with Crippen molar-refractivity contribution in [3.8, 4) is 11.5 Å². The standard InChI is InChI=1S/C9H7ClO4/c10-5-1-2-6-7(3-5)13-4-8(14-6)9(11)12/h1-3,8H,4H2,(H,11,12). The van der Waals surface area contributed by atoms with Crippen molar-refractivity contribution in [1.29, 1.82) is 0 Å². The molecule has 0 saturated heterocycles. The topological polar surface area (TPSA) is 55.8 Å². The van der Waals surface area contributed by atoms with Crippen LogP contribution >= 0.6 is 11.6 Å². The second kappa shape index (κ2) is 3.38. The average Bonchev–Trinajstić information content (AvgIpc) is 2.16. The second-order valence-corrected chi connectivity index (χ2v) is 3.28. The summed E-state index contributed by atoms with van der Waals surface area (Å²) in [5.74, 6) is -0.145. The molecule has 1 aromatic carbocycles. The van der Waals surface area contributed by atoms with Gasteiger partial charge in [-0.15, -0.1) is 0 Å². The fraction of sp³-hybridized carbons (Fsp3) is 0.222. The van der Waals surface area contributed by atoms with Gasteiger partial charge in [-0.1, -0.05) is 11.6 Å². The minimum absolute atomic E-state index is 0.00265. The molecule has 0 amide bonds. The maximum absolute atomic E-state index is 10.6. The molecule has 0 spiro atoms. The third-order valence-corrected chi connectivity index (χ3v) is 2.08. The summed E-state index contributed by atoms with van der Waals surface area (Å²) >= 11 is 5.72. The fourth-order valence-corrected chi connectivity index (χ4v) is 1.33. The lowest BCUT2D eigenvalue weighted by molar-refractivity contribution is -0.147. The maximum Gasteiger partial charge on any atom is 0.348 e. The molecular weight excluding hydrogens is 208 g/mol. The zero-order valence-corrected chi connectivity index (χ0v) is 7.82. The first-order chi connectivity index (χ1) is 6.66. The molecule has 4 nitrogen and oxygen atoms in total. The van der Waals surface area contributed by atoms with Crippen LogP contribution in [-0.2, 0) is 4.79 Å². The number of hydrogen-bond donors (Lipinski definition) is 1. The number of carboxylic acids is 1. The van der Waals surface area contributed by atoms with Crippen LogP contribution in [0.2, 0.25) is 5.02 Å². The van der Waals surface area contributed by atoms with Crippen LogP contribution in [-0.4, -0.2) is 23.8 Å². The first kappa shape index (κ1) is 9.15. The highest BCUT2D eigenvalue weighted by atomic mass is 35.5. The molecule has 0 radical (unpaired) electrons. The Bertz CT molecular complexity index is 377. The SMILES string of the molecule is O=C(O)C1COc2cc(Cl)ccc2O1. The predicted molar refractivity (Wildman–Crippen MR) is 49.0 cm³/mol. The van der Waals surface area contributed by atoms with Crippen molar-refractivity contribution in [1.82, 2.24) is 0 Å². The van der Waals surface area contributed by atoms with Crippen LogP contribution in [0.15, 0.2) is 18.2 Å². The lowest BCUT2D eigenvalue weighted by Gasteiger charge is -2.23. The molecule has 74 valence electrons. The Kier molecular flexibility index (Phi) is 2.21. The van der Waals surface area contributed by atoms with Crippen LogP contribution in [0.4, 0.5) is 0 Å². The van der Waals surface area contributed by atoms with Crippen LogP contribution in [0, 0.1) is 0 Å². The number of halogens is 1. The van der Waals surface area contributed by atoms with Gasteiger partial charge in [-0.25, -0.2) is 4.79 Å². The van der Waals surface area contributed by atoms with E-state index < -0.39 is 12.1 Å². The van der Waals surface area contributed by atoms with E-state index in [1.165, 1.54) is 0 Å². The largest absolute Gasteiger partial charge is 0.485 e. The summed E-state index contributed by atoms with van der Waals surface area (Å²) in [4.78, 5) is 10.6. The molecule has 5 heteroatoms. The number of aliphatic carboxylic acids is 1. The van der Waals surface area contributed by atoms with Crippen molar-refractivity contribution in [2.75, 3.05) is 6.61 Å². The minimum atomic E-state index is -1.04. The van der Waals surface area contributed by atoms with Gasteiger partial charge in [-0.05, 0) is 12.1 Å². The number of carboxylic acid groups (broad SMARTS) is 1. The zero-order chi connectivity index (χ0) is 10.1. The molecule has 0 bridgehead atoms. The van der Waals surface area contributed by atoms with E-state index in [2.05, 4.69) is 0 Å². The summed E-state index contributed by atoms with van der Waals surface area (Å²) in [5.41, 5.74) is 0. The van der Waals surface area contributed by atoms with Crippen LogP contribution in [0.5, 0.6) is 11.5 Å². The Morgan fingerprint density at radius 2 is 2.29 bits per heavy atom. The van der Waals surface area contributed by atoms with Gasteiger partial charge in [-0.3, -0.25) is 0 Å². The molecule has 0 aromatic heterocycles. The number of rotatable bonds is 1. The molecule has 14 heavy (non-hydrogen) atoms. The van der Waals surface area contributed by atoms with Crippen molar-refractivity contribution in [2.24, 2.45) is 0 Å². The molecule has 0 fully saturated rings. The molecular formula is C9H7ClO4. The van der Waals surface area contributed by atoms with Gasteiger partial charge >= 0.3 is 5.97 Å². The van der Waals surface area contributed by atoms with Crippen molar-refractivity contribution in [3.63, 3.8) is 0 Å². The van der Waals surface area contributed by atoms with E-state index in [1.807, 2.05) is 0 Å². The Labute approximate surface area is 85.0 Å². The number of fused-ring (bicyclic) bond motifs is 1. The molecule has 0 aliphatic carbocycles. The summed E-state index contributed by atoms with van der Waals surface area (Å²) in [6.45, 7) is 0.00265. The van der Waals surface area contributed by atoms with Gasteiger partial charge in [0.15, 0.2) is 11.5 Å². The Morgan fingerprint density at radius 1 is 1.50 bits per heavy atom. The van der Waals surface area contributed by atoms with Gasteiger partial charge in [0.05, 0.1) is 0 Å². The third-order valence-electron chi connectivity index (χ3n) is 1.84. The van der Waals surface area contributed by atoms with Crippen LogP contribution in [0.1, 0.15) is 0 Å². The lowest BCUT2D eigenvalue weighted by Crippen LogP contribution is -2.36. The highest BCUT2D eigenvalue weighted by molar-refractivity contribution is 6.30. The average molecular weight is 215 g/mol. The summed E-state index contributed by atoms with van der Waals surface area (Å²) in [7, 11) is 0. The molecule has 1 heterocycles. The van der Waals surface area contributed by atoms with E-state index in [4.69, 9.17) is 26.2 Å². The van der Waals surface area contributed by atoms with E-state index in [0.29, 0.717) is 16.5 Å². The summed E-state index contributed by atoms with van der Waals surface area (Å²) in [5, 5.41) is 9.22. The highest BCUT2D eigenvalue weighted by Gasteiger charge is 2.26. The van der Waals surface area contributed by atoms with Crippen molar-refractivity contribution >= 4 is 17.6 Å². The molecule has 0 saturated carbocycles. The fourth-order valence-electron chi connectivity index (χ4n) is 1.17. The molecule has 2 rings (SSSR count). The molecule has 1 unspecified atom stereocenters. The summed E-state index contributed by atoms with van der Waals surface area (Å²) in [6, 6.07) is 4.80. The number of carbonyl (C=O) groups is 1. The van der Waals surface area contributed by atoms with Crippen molar-refractivity contribution in [3.05, 3.63) is 23.2 Å². The lowest BCUT2D eigenvalue weighted by atomic mass is 10.2. The maximum atomic E-state index is 10.6. The quantitative estimate of drug-likeness (QED) is 0.771. The van der Waals surface area contributed by atoms with E-state index in [-0.39, 0.29) is 6.61 Å². The predicted octanol–water partition coefficient (Wildman–Crippen LogP) is 1.56. The Morgan fingerprint density at radius 3 is 3.00 bits per heavy atom. The van der Waals surface area contributed by atoms with Crippen molar-refractivity contribution < 1.29 is 19.4 Å². The number of benzene rings is 1. The summed E-state index contributed by atoms with van der Waals surface area (Å²) in [6.07, 6.45) is -0.941. The minimum Gasteiger partial charge on any atom is -0.485 e. The molecule has 1 atom stereocenters. The van der Waals surface area contributed by atoms with Crippen LogP contribution in [0.25, 0.3) is 0 Å². The van der Waals surface area contributed by atoms with Gasteiger partial charge in [0, 0.05) is 11.1 Å². The van der Waals surface area contributed by atoms with Gasteiger partial charge < -0.3 is 14.6 Å². The monoisotopic (exact) mass is 214 g/mol. The van der Waals surface area contributed by atoms with E-state index in [1.54, 1.807) is 18.2 Å². The number of hydrogen-bond acceptors (Lipinski definition) is 3. The van der Waals surface area contributed by atoms with Gasteiger partial charge in [0.2, 0.25) is 6.10 Å². The highest BCUT2D eigenvalue weighted by Crippen LogP contribution is 2.33. The molecule has 1 aliphatic rings. The summed E-state index contributed by atoms with van der Waals surface area (Å²) < 4.78 is 10.4. The Balaban J connectivity index is 2.27. The zero-order valence-electron chi connectivity index (χ0n) is 7.07. The van der Waals surface area contributed by atoms with E-state index in [0.717, 1.165) is 0 Å².